The zero-order valence-corrected chi connectivity index (χ0v) is 12.7. The van der Waals surface area contributed by atoms with Gasteiger partial charge in [0.15, 0.2) is 0 Å². The standard InChI is InChI=1S/C18H15FN2O3/c19-9-3-1-8(2-4-9)16(22)20-21-17(23)14-10-5-6-11(13-7-12(10)13)15(14)18(21)24/h1-6,10-15H,7H2,(H,20,22)/t10?,11?,12?,13?,14-,15+. The summed E-state index contributed by atoms with van der Waals surface area (Å²) < 4.78 is 13.0. The van der Waals surface area contributed by atoms with Gasteiger partial charge in [-0.25, -0.2) is 4.39 Å². The minimum Gasteiger partial charge on any atom is -0.272 e. The molecular weight excluding hydrogens is 311 g/mol. The Bertz CT molecular complexity index is 767. The summed E-state index contributed by atoms with van der Waals surface area (Å²) in [6.45, 7) is 0. The Kier molecular flexibility index (Phi) is 2.62. The number of nitrogens with one attached hydrogen (secondary N) is 1. The molecule has 4 aliphatic carbocycles. The van der Waals surface area contributed by atoms with E-state index in [0.29, 0.717) is 11.8 Å². The van der Waals surface area contributed by atoms with Crippen molar-refractivity contribution in [2.24, 2.45) is 35.5 Å². The van der Waals surface area contributed by atoms with Gasteiger partial charge in [0.05, 0.1) is 11.8 Å². The molecule has 0 radical (unpaired) electrons. The topological polar surface area (TPSA) is 66.5 Å². The van der Waals surface area contributed by atoms with Crippen LogP contribution < -0.4 is 5.43 Å². The van der Waals surface area contributed by atoms with Gasteiger partial charge in [0.2, 0.25) is 0 Å². The highest BCUT2D eigenvalue weighted by atomic mass is 19.1. The van der Waals surface area contributed by atoms with E-state index in [4.69, 9.17) is 0 Å². The minimum absolute atomic E-state index is 0.120. The predicted octanol–water partition coefficient (Wildman–Crippen LogP) is 1.52. The quantitative estimate of drug-likeness (QED) is 0.662. The molecule has 1 saturated heterocycles. The molecule has 6 heteroatoms. The van der Waals surface area contributed by atoms with E-state index in [1.807, 2.05) is 0 Å². The van der Waals surface area contributed by atoms with E-state index in [9.17, 15) is 18.8 Å². The lowest BCUT2D eigenvalue weighted by Crippen LogP contribution is -2.46. The smallest absolute Gasteiger partial charge is 0.270 e. The normalized spacial score (nSPS) is 38.1. The fraction of sp³-hybridized carbons (Fsp3) is 0.389. The molecule has 1 heterocycles. The van der Waals surface area contributed by atoms with Crippen LogP contribution in [0.3, 0.4) is 0 Å². The lowest BCUT2D eigenvalue weighted by molar-refractivity contribution is -0.143. The number of carbonyl (C=O) groups excluding carboxylic acids is 3. The average Bonchev–Trinajstić information content (AvgIpc) is 3.36. The molecule has 5 nitrogen and oxygen atoms in total. The fourth-order valence-electron chi connectivity index (χ4n) is 4.83. The Labute approximate surface area is 137 Å². The maximum Gasteiger partial charge on any atom is 0.270 e. The van der Waals surface area contributed by atoms with Crippen molar-refractivity contribution in [3.05, 3.63) is 47.8 Å². The Morgan fingerprint density at radius 3 is 2.08 bits per heavy atom. The highest BCUT2D eigenvalue weighted by Crippen LogP contribution is 2.65. The Morgan fingerprint density at radius 1 is 1.00 bits per heavy atom. The summed E-state index contributed by atoms with van der Waals surface area (Å²) in [6, 6.07) is 4.98. The summed E-state index contributed by atoms with van der Waals surface area (Å²) in [6.07, 6.45) is 5.25. The van der Waals surface area contributed by atoms with Crippen molar-refractivity contribution in [1.82, 2.24) is 10.4 Å². The molecule has 24 heavy (non-hydrogen) atoms. The minimum atomic E-state index is -0.583. The number of carbonyl (C=O) groups is 3. The third-order valence-corrected chi connectivity index (χ3v) is 5.98. The molecule has 2 saturated carbocycles. The summed E-state index contributed by atoms with van der Waals surface area (Å²) >= 11 is 0. The van der Waals surface area contributed by atoms with Crippen LogP contribution in [0.4, 0.5) is 4.39 Å². The molecule has 1 aliphatic heterocycles. The van der Waals surface area contributed by atoms with Gasteiger partial charge in [-0.1, -0.05) is 12.2 Å². The molecule has 122 valence electrons. The van der Waals surface area contributed by atoms with E-state index < -0.39 is 11.7 Å². The summed E-state index contributed by atoms with van der Waals surface area (Å²) in [7, 11) is 0. The molecule has 6 atom stereocenters. The van der Waals surface area contributed by atoms with Crippen molar-refractivity contribution in [3.8, 4) is 0 Å². The van der Waals surface area contributed by atoms with Gasteiger partial charge in [0.1, 0.15) is 5.82 Å². The number of halogens is 1. The van der Waals surface area contributed by atoms with Crippen LogP contribution >= 0.6 is 0 Å². The highest BCUT2D eigenvalue weighted by molar-refractivity contribution is 6.08. The molecule has 0 aromatic heterocycles. The number of rotatable bonds is 2. The molecule has 1 N–H and O–H groups in total. The van der Waals surface area contributed by atoms with Crippen molar-refractivity contribution in [3.63, 3.8) is 0 Å². The number of benzene rings is 1. The Morgan fingerprint density at radius 2 is 1.54 bits per heavy atom. The average molecular weight is 326 g/mol. The van der Waals surface area contributed by atoms with E-state index >= 15 is 0 Å². The molecule has 1 aromatic carbocycles. The van der Waals surface area contributed by atoms with Gasteiger partial charge in [-0.15, -0.1) is 0 Å². The molecule has 3 amide bonds. The maximum absolute atomic E-state index is 13.0. The zero-order chi connectivity index (χ0) is 16.6. The van der Waals surface area contributed by atoms with Gasteiger partial charge in [-0.05, 0) is 54.4 Å². The summed E-state index contributed by atoms with van der Waals surface area (Å²) in [5, 5.41) is 0.888. The van der Waals surface area contributed by atoms with Crippen molar-refractivity contribution in [2.45, 2.75) is 6.42 Å². The van der Waals surface area contributed by atoms with Crippen LogP contribution in [-0.2, 0) is 9.59 Å². The van der Waals surface area contributed by atoms with Crippen LogP contribution in [0.25, 0.3) is 0 Å². The monoisotopic (exact) mass is 326 g/mol. The number of amides is 3. The predicted molar refractivity (Wildman–Crippen MR) is 80.4 cm³/mol. The van der Waals surface area contributed by atoms with Crippen molar-refractivity contribution in [1.29, 1.82) is 0 Å². The van der Waals surface area contributed by atoms with Gasteiger partial charge in [0.25, 0.3) is 17.7 Å². The first-order valence-corrected chi connectivity index (χ1v) is 8.19. The van der Waals surface area contributed by atoms with Crippen molar-refractivity contribution < 1.29 is 18.8 Å². The van der Waals surface area contributed by atoms with E-state index in [0.717, 1.165) is 11.4 Å². The third kappa shape index (κ3) is 1.71. The molecule has 0 spiro atoms. The van der Waals surface area contributed by atoms with E-state index in [1.54, 1.807) is 0 Å². The summed E-state index contributed by atoms with van der Waals surface area (Å²) in [5.41, 5.74) is 2.62. The Balaban J connectivity index is 1.40. The Hall–Kier alpha value is -2.50. The second kappa shape index (κ2) is 4.53. The molecule has 3 fully saturated rings. The largest absolute Gasteiger partial charge is 0.272 e. The second-order valence-corrected chi connectivity index (χ2v) is 7.11. The highest BCUT2D eigenvalue weighted by Gasteiger charge is 2.67. The van der Waals surface area contributed by atoms with Crippen molar-refractivity contribution >= 4 is 17.7 Å². The lowest BCUT2D eigenvalue weighted by Gasteiger charge is -2.37. The van der Waals surface area contributed by atoms with Gasteiger partial charge in [0, 0.05) is 5.56 Å². The van der Waals surface area contributed by atoms with Crippen LogP contribution in [0.5, 0.6) is 0 Å². The van der Waals surface area contributed by atoms with Gasteiger partial charge in [-0.2, -0.15) is 5.01 Å². The van der Waals surface area contributed by atoms with Crippen LogP contribution in [-0.4, -0.2) is 22.7 Å². The number of imide groups is 1. The summed E-state index contributed by atoms with van der Waals surface area (Å²) in [4.78, 5) is 37.7. The second-order valence-electron chi connectivity index (χ2n) is 7.11. The molecule has 5 aliphatic rings. The summed E-state index contributed by atoms with van der Waals surface area (Å²) in [5.74, 6) is -1.07. The van der Waals surface area contributed by atoms with E-state index in [-0.39, 0.29) is 41.0 Å². The first kappa shape index (κ1) is 13.9. The first-order valence-electron chi connectivity index (χ1n) is 8.19. The number of hydrogen-bond acceptors (Lipinski definition) is 3. The first-order chi connectivity index (χ1) is 11.6. The molecule has 1 aromatic rings. The number of nitrogens with zero attached hydrogens (tertiary/aromatic N) is 1. The van der Waals surface area contributed by atoms with Crippen LogP contribution in [0.15, 0.2) is 36.4 Å². The lowest BCUT2D eigenvalue weighted by atomic mass is 9.63. The van der Waals surface area contributed by atoms with E-state index in [2.05, 4.69) is 17.6 Å². The SMILES string of the molecule is O=C(NN1C(=O)[C@@H]2C3C=CC(C4CC43)[C@@H]2C1=O)c1ccc(F)cc1. The molecular formula is C18H15FN2O3. The number of hydrazine groups is 1. The number of allylic oxidation sites excluding steroid dienone is 2. The number of hydrogen-bond donors (Lipinski definition) is 1. The molecule has 6 rings (SSSR count). The third-order valence-electron chi connectivity index (χ3n) is 5.98. The molecule has 2 bridgehead atoms. The maximum atomic E-state index is 13.0. The van der Waals surface area contributed by atoms with Crippen molar-refractivity contribution in [2.75, 3.05) is 0 Å². The zero-order valence-electron chi connectivity index (χ0n) is 12.7. The fourth-order valence-corrected chi connectivity index (χ4v) is 4.83. The molecule has 4 unspecified atom stereocenters. The van der Waals surface area contributed by atoms with Crippen LogP contribution in [0, 0.1) is 41.3 Å². The van der Waals surface area contributed by atoms with Crippen LogP contribution in [0.2, 0.25) is 0 Å². The van der Waals surface area contributed by atoms with Crippen LogP contribution in [0.1, 0.15) is 16.8 Å². The van der Waals surface area contributed by atoms with Gasteiger partial charge < -0.3 is 0 Å². The van der Waals surface area contributed by atoms with E-state index in [1.165, 1.54) is 24.3 Å². The van der Waals surface area contributed by atoms with Gasteiger partial charge in [-0.3, -0.25) is 19.8 Å². The van der Waals surface area contributed by atoms with Gasteiger partial charge >= 0.3 is 0 Å².